The monoisotopic (exact) mass is 398 g/mol. The Morgan fingerprint density at radius 1 is 1.19 bits per heavy atom. The van der Waals surface area contributed by atoms with E-state index < -0.39 is 23.5 Å². The molecule has 0 bridgehead atoms. The Kier molecular flexibility index (Phi) is 5.38. The molecule has 0 saturated heterocycles. The second kappa shape index (κ2) is 6.79. The second-order valence-electron chi connectivity index (χ2n) is 6.13. The Morgan fingerprint density at radius 3 is 2.23 bits per heavy atom. The maximum Gasteiger partial charge on any atom is 0.430 e. The lowest BCUT2D eigenvalue weighted by molar-refractivity contribution is -0.301. The highest BCUT2D eigenvalue weighted by Gasteiger charge is 2.74. The van der Waals surface area contributed by atoms with Crippen LogP contribution in [-0.2, 0) is 5.54 Å². The predicted molar refractivity (Wildman–Crippen MR) is 88.1 cm³/mol. The molecule has 2 rings (SSSR count). The van der Waals surface area contributed by atoms with Gasteiger partial charge in [0.05, 0.1) is 5.69 Å². The summed E-state index contributed by atoms with van der Waals surface area (Å²) in [6.45, 7) is 8.23. The maximum absolute atomic E-state index is 13.3. The molecular weight excluding hydrogens is 382 g/mol. The molecule has 1 aliphatic heterocycles. The summed E-state index contributed by atoms with van der Waals surface area (Å²) >= 11 is 1.12. The highest BCUT2D eigenvalue weighted by Crippen LogP contribution is 2.54. The number of anilines is 1. The molecule has 0 N–H and O–H groups in total. The Balaban J connectivity index is 2.63. The quantitative estimate of drug-likeness (QED) is 0.471. The predicted octanol–water partition coefficient (Wildman–Crippen LogP) is 5.85. The van der Waals surface area contributed by atoms with Gasteiger partial charge in [0.25, 0.3) is 0 Å². The molecule has 1 aromatic carbocycles. The SMILES string of the molecule is C=C(C(C)C)N1CCSc2cc(C(N=O)(C(F)(F)F)C(F)(F)F)ccc21. The summed E-state index contributed by atoms with van der Waals surface area (Å²) in [4.78, 5) is 12.8. The van der Waals surface area contributed by atoms with Crippen LogP contribution in [0.1, 0.15) is 19.4 Å². The number of nitrogens with zero attached hydrogens (tertiary/aromatic N) is 2. The molecule has 0 aromatic heterocycles. The van der Waals surface area contributed by atoms with Gasteiger partial charge < -0.3 is 4.90 Å². The fraction of sp³-hybridized carbons (Fsp3) is 0.500. The van der Waals surface area contributed by atoms with Crippen molar-refractivity contribution in [1.29, 1.82) is 0 Å². The number of thioether (sulfide) groups is 1. The first-order valence-electron chi connectivity index (χ1n) is 7.58. The van der Waals surface area contributed by atoms with Crippen LogP contribution in [0.2, 0.25) is 0 Å². The van der Waals surface area contributed by atoms with E-state index in [-0.39, 0.29) is 10.8 Å². The van der Waals surface area contributed by atoms with Gasteiger partial charge in [-0.1, -0.05) is 26.5 Å². The van der Waals surface area contributed by atoms with Gasteiger partial charge in [-0.25, -0.2) is 0 Å². The molecule has 144 valence electrons. The van der Waals surface area contributed by atoms with Gasteiger partial charge in [-0.05, 0) is 23.2 Å². The third kappa shape index (κ3) is 3.19. The number of hydrogen-bond donors (Lipinski definition) is 0. The van der Waals surface area contributed by atoms with E-state index in [1.807, 2.05) is 13.8 Å². The average Bonchev–Trinajstić information content (AvgIpc) is 2.51. The Hall–Kier alpha value is -1.71. The van der Waals surface area contributed by atoms with Gasteiger partial charge in [-0.2, -0.15) is 26.3 Å². The third-order valence-corrected chi connectivity index (χ3v) is 5.24. The van der Waals surface area contributed by atoms with E-state index in [1.165, 1.54) is 5.18 Å². The van der Waals surface area contributed by atoms with E-state index in [4.69, 9.17) is 0 Å². The minimum Gasteiger partial charge on any atom is -0.344 e. The van der Waals surface area contributed by atoms with Crippen molar-refractivity contribution in [3.8, 4) is 0 Å². The van der Waals surface area contributed by atoms with E-state index in [2.05, 4.69) is 6.58 Å². The van der Waals surface area contributed by atoms with Crippen molar-refractivity contribution >= 4 is 17.4 Å². The summed E-state index contributed by atoms with van der Waals surface area (Å²) < 4.78 is 79.5. The number of benzene rings is 1. The van der Waals surface area contributed by atoms with Gasteiger partial charge in [-0.3, -0.25) is 0 Å². The lowest BCUT2D eigenvalue weighted by Crippen LogP contribution is -2.52. The van der Waals surface area contributed by atoms with Crippen LogP contribution >= 0.6 is 11.8 Å². The van der Waals surface area contributed by atoms with Gasteiger partial charge >= 0.3 is 17.9 Å². The molecule has 1 aromatic rings. The molecule has 0 aliphatic carbocycles. The third-order valence-electron chi connectivity index (χ3n) is 4.21. The topological polar surface area (TPSA) is 32.7 Å². The molecule has 0 amide bonds. The minimum absolute atomic E-state index is 0.0479. The van der Waals surface area contributed by atoms with Crippen LogP contribution in [0.15, 0.2) is 40.5 Å². The molecule has 1 aliphatic rings. The highest BCUT2D eigenvalue weighted by molar-refractivity contribution is 7.99. The number of fused-ring (bicyclic) bond motifs is 1. The van der Waals surface area contributed by atoms with Crippen molar-refractivity contribution in [2.24, 2.45) is 11.1 Å². The molecular formula is C16H16F6N2OS. The first-order chi connectivity index (χ1) is 11.9. The first-order valence-corrected chi connectivity index (χ1v) is 8.57. The van der Waals surface area contributed by atoms with Crippen molar-refractivity contribution in [3.05, 3.63) is 40.9 Å². The molecule has 26 heavy (non-hydrogen) atoms. The van der Waals surface area contributed by atoms with Crippen LogP contribution in [-0.4, -0.2) is 24.7 Å². The summed E-state index contributed by atoms with van der Waals surface area (Å²) in [5, 5.41) is 1.52. The van der Waals surface area contributed by atoms with Crippen LogP contribution in [0.5, 0.6) is 0 Å². The van der Waals surface area contributed by atoms with Gasteiger partial charge in [0.15, 0.2) is 0 Å². The molecule has 0 spiro atoms. The van der Waals surface area contributed by atoms with E-state index in [9.17, 15) is 31.2 Å². The van der Waals surface area contributed by atoms with Crippen LogP contribution in [0.25, 0.3) is 0 Å². The lowest BCUT2D eigenvalue weighted by atomic mass is 9.89. The average molecular weight is 398 g/mol. The second-order valence-corrected chi connectivity index (χ2v) is 7.26. The summed E-state index contributed by atoms with van der Waals surface area (Å²) in [6.07, 6.45) is -11.8. The van der Waals surface area contributed by atoms with Gasteiger partial charge in [0.1, 0.15) is 0 Å². The molecule has 10 heteroatoms. The number of nitroso groups, excluding NO2 is 1. The number of hydrogen-bond acceptors (Lipinski definition) is 4. The van der Waals surface area contributed by atoms with Crippen LogP contribution in [0.3, 0.4) is 0 Å². The Morgan fingerprint density at radius 2 is 1.77 bits per heavy atom. The van der Waals surface area contributed by atoms with Crippen LogP contribution in [0.4, 0.5) is 32.0 Å². The normalized spacial score (nSPS) is 15.8. The molecule has 0 unspecified atom stereocenters. The summed E-state index contributed by atoms with van der Waals surface area (Å²) in [5.74, 6) is 0.508. The van der Waals surface area contributed by atoms with E-state index in [0.29, 0.717) is 29.7 Å². The first kappa shape index (κ1) is 20.6. The highest BCUT2D eigenvalue weighted by atomic mass is 32.2. The van der Waals surface area contributed by atoms with Gasteiger partial charge in [-0.15, -0.1) is 16.7 Å². The maximum atomic E-state index is 13.3. The summed E-state index contributed by atoms with van der Waals surface area (Å²) in [6, 6.07) is 2.57. The van der Waals surface area contributed by atoms with Crippen LogP contribution < -0.4 is 4.90 Å². The zero-order valence-corrected chi connectivity index (χ0v) is 14.7. The zero-order valence-electron chi connectivity index (χ0n) is 13.9. The fourth-order valence-corrected chi connectivity index (χ4v) is 3.73. The number of halogens is 6. The Labute approximate surface area is 150 Å². The minimum atomic E-state index is -5.91. The van der Waals surface area contributed by atoms with E-state index in [1.54, 1.807) is 4.90 Å². The van der Waals surface area contributed by atoms with E-state index >= 15 is 0 Å². The van der Waals surface area contributed by atoms with Crippen molar-refractivity contribution in [2.75, 3.05) is 17.2 Å². The zero-order chi connectivity index (χ0) is 19.9. The fourth-order valence-electron chi connectivity index (χ4n) is 2.70. The van der Waals surface area contributed by atoms with Crippen molar-refractivity contribution in [2.45, 2.75) is 36.6 Å². The largest absolute Gasteiger partial charge is 0.430 e. The number of allylic oxidation sites excluding steroid dienone is 1. The van der Waals surface area contributed by atoms with Gasteiger partial charge in [0.2, 0.25) is 0 Å². The summed E-state index contributed by atoms with van der Waals surface area (Å²) in [7, 11) is 0. The van der Waals surface area contributed by atoms with Gasteiger partial charge in [0, 0.05) is 28.5 Å². The number of alkyl halides is 6. The van der Waals surface area contributed by atoms with Crippen molar-refractivity contribution in [3.63, 3.8) is 0 Å². The lowest BCUT2D eigenvalue weighted by Gasteiger charge is -2.36. The molecule has 0 saturated carbocycles. The Bertz CT molecular complexity index is 700. The summed E-state index contributed by atoms with van der Waals surface area (Å²) in [5.41, 5.74) is -4.87. The number of rotatable bonds is 4. The van der Waals surface area contributed by atoms with Crippen LogP contribution in [0, 0.1) is 10.8 Å². The molecule has 0 atom stereocenters. The molecule has 0 fully saturated rings. The van der Waals surface area contributed by atoms with E-state index in [0.717, 1.165) is 23.9 Å². The molecule has 0 radical (unpaired) electrons. The van der Waals surface area contributed by atoms with Crippen molar-refractivity contribution < 1.29 is 26.3 Å². The van der Waals surface area contributed by atoms with Crippen molar-refractivity contribution in [1.82, 2.24) is 0 Å². The molecule has 3 nitrogen and oxygen atoms in total. The standard InChI is InChI=1S/C16H16F6N2OS/c1-9(2)10(3)24-6-7-26-13-8-11(4-5-12(13)24)14(23-25,15(17,18)19)16(20,21)22/h4-5,8-9H,3,6-7H2,1-2H3. The molecule has 1 heterocycles. The smallest absolute Gasteiger partial charge is 0.344 e.